The molecule has 3 heterocycles. The molecule has 0 spiro atoms. The molecule has 1 aliphatic carbocycles. The van der Waals surface area contributed by atoms with Crippen molar-refractivity contribution in [2.45, 2.75) is 6.42 Å². The fourth-order valence-electron chi connectivity index (χ4n) is 19.8. The smallest absolute Gasteiger partial charge is 0.211 e. The summed E-state index contributed by atoms with van der Waals surface area (Å²) in [7, 11) is 0. The Balaban J connectivity index is 0.000000123. The van der Waals surface area contributed by atoms with E-state index in [2.05, 4.69) is 403 Å². The Morgan fingerprint density at radius 2 is 0.618 bits per heavy atom. The van der Waals surface area contributed by atoms with Gasteiger partial charge in [0.05, 0.1) is 57.3 Å². The predicted octanol–water partition coefficient (Wildman–Crippen LogP) is 33.9. The molecule has 0 aliphatic heterocycles. The third kappa shape index (κ3) is 13.8. The zero-order chi connectivity index (χ0) is 87.2. The minimum atomic E-state index is 0.385. The summed E-state index contributed by atoms with van der Waals surface area (Å²) < 4.78 is 2.32. The number of nitrogens with zero attached hydrogens (tertiary/aromatic N) is 7. The van der Waals surface area contributed by atoms with Gasteiger partial charge in [-0.05, 0) is 232 Å². The standard InChI is InChI=1S/C61H36N4.C41H24ClN3.C21H14/c1-62-55-37-51(49-21-11-12-22-50(49)60(55)65-56-32-30-42-16-9-10-20-48(42)58(56)53-35-44-18-7-8-19-45(44)36-57(53)65)61-63-54-31-29-46(41-25-23-40(24-26-41)38-13-3-2-4-14-38)34-52(54)59(64-61)47-28-27-39-15-5-6-17-43(39)33-47;1-43-38-25-35(33-13-7-8-14-34(33)39(38)42)41-44-37-22-21-31(29-17-15-28(16-18-29)26-9-3-2-4-10-26)24-36(37)40(45-41)32-20-19-27-11-5-6-12-30(27)23-32;1-2-7-16-13-20-18(11-15(16)6-1)12-17-10-9-14-5-3-4-8-19(14)21(17)20/h2-37H;2-25H;1-11,13H,12H2. The van der Waals surface area contributed by atoms with Crippen molar-refractivity contribution in [2.24, 2.45) is 0 Å². The fraction of sp³-hybridized carbons (Fsp3) is 0.00813. The second-order valence-electron chi connectivity index (χ2n) is 33.7. The molecule has 131 heavy (non-hydrogen) atoms. The van der Waals surface area contributed by atoms with Gasteiger partial charge in [0.2, 0.25) is 11.4 Å². The largest absolute Gasteiger partial charge is 0.318 e. The predicted molar refractivity (Wildman–Crippen MR) is 549 cm³/mol. The van der Waals surface area contributed by atoms with Gasteiger partial charge in [0.15, 0.2) is 11.6 Å². The highest BCUT2D eigenvalue weighted by atomic mass is 35.5. The van der Waals surface area contributed by atoms with Gasteiger partial charge in [-0.2, -0.15) is 0 Å². The Morgan fingerprint density at radius 1 is 0.237 bits per heavy atom. The Kier molecular flexibility index (Phi) is 19.0. The topological polar surface area (TPSA) is 65.2 Å². The van der Waals surface area contributed by atoms with Crippen LogP contribution in [0.5, 0.6) is 0 Å². The lowest BCUT2D eigenvalue weighted by molar-refractivity contribution is 1.20. The summed E-state index contributed by atoms with van der Waals surface area (Å²) in [5, 5.41) is 23.1. The van der Waals surface area contributed by atoms with Crippen molar-refractivity contribution in [3.8, 4) is 107 Å². The maximum atomic E-state index is 8.82. The van der Waals surface area contributed by atoms with E-state index >= 15 is 0 Å². The number of hydrogen-bond donors (Lipinski definition) is 0. The van der Waals surface area contributed by atoms with E-state index in [1.807, 2.05) is 48.5 Å². The Morgan fingerprint density at radius 3 is 1.15 bits per heavy atom. The number of benzene rings is 22. The number of rotatable bonds is 9. The quantitative estimate of drug-likeness (QED) is 0.135. The molecular formula is C123H74ClN7. The molecule has 0 radical (unpaired) electrons. The van der Waals surface area contributed by atoms with Crippen LogP contribution >= 0.6 is 11.6 Å². The maximum absolute atomic E-state index is 8.82. The molecule has 26 rings (SSSR count). The normalized spacial score (nSPS) is 11.7. The van der Waals surface area contributed by atoms with E-state index < -0.39 is 0 Å². The van der Waals surface area contributed by atoms with E-state index in [9.17, 15) is 0 Å². The van der Waals surface area contributed by atoms with Gasteiger partial charge < -0.3 is 4.57 Å². The Hall–Kier alpha value is -17.3. The zero-order valence-electron chi connectivity index (χ0n) is 70.8. The maximum Gasteiger partial charge on any atom is 0.211 e. The first-order valence-corrected chi connectivity index (χ1v) is 44.4. The molecule has 0 saturated carbocycles. The summed E-state index contributed by atoms with van der Waals surface area (Å²) in [5.41, 5.74) is 25.8. The summed E-state index contributed by atoms with van der Waals surface area (Å²) in [6.07, 6.45) is 1.06. The van der Waals surface area contributed by atoms with Crippen LogP contribution in [0.1, 0.15) is 11.1 Å². The first-order valence-electron chi connectivity index (χ1n) is 44.1. The molecule has 22 aromatic carbocycles. The van der Waals surface area contributed by atoms with Crippen LogP contribution in [0.4, 0.5) is 11.4 Å². The van der Waals surface area contributed by atoms with E-state index in [1.54, 1.807) is 0 Å². The van der Waals surface area contributed by atoms with E-state index in [-0.39, 0.29) is 0 Å². The molecule has 0 saturated heterocycles. The van der Waals surface area contributed by atoms with Gasteiger partial charge in [-0.15, -0.1) is 0 Å². The summed E-state index contributed by atoms with van der Waals surface area (Å²) in [4.78, 5) is 29.2. The highest BCUT2D eigenvalue weighted by Crippen LogP contribution is 2.49. The lowest BCUT2D eigenvalue weighted by Gasteiger charge is -2.18. The molecule has 0 N–H and O–H groups in total. The van der Waals surface area contributed by atoms with Crippen molar-refractivity contribution in [1.29, 1.82) is 0 Å². The first-order chi connectivity index (χ1) is 64.7. The monoisotopic (exact) mass is 1680 g/mol. The highest BCUT2D eigenvalue weighted by Gasteiger charge is 2.27. The minimum absolute atomic E-state index is 0.385. The van der Waals surface area contributed by atoms with Crippen molar-refractivity contribution in [3.05, 3.63) is 476 Å². The van der Waals surface area contributed by atoms with Crippen molar-refractivity contribution in [1.82, 2.24) is 24.5 Å². The van der Waals surface area contributed by atoms with Gasteiger partial charge in [-0.25, -0.2) is 29.6 Å². The van der Waals surface area contributed by atoms with Crippen LogP contribution in [-0.4, -0.2) is 24.5 Å². The SMILES string of the molecule is [C-]#[N+]c1cc(-c2nc(-c3ccc4ccccc4c3)c3cc(-c4ccc(-c5ccccc5)cc4)ccc3n2)c2ccccc2c1-n1c2cc3ccccc3cc2c2c3ccccc3ccc21.[C-]#[N+]c1cc(-c2nc(-c3ccc4ccccc4c3)c3cc(-c4ccc(-c5ccccc5)cc4)ccc3n2)c2ccccc2c1Cl.c1ccc2cc3c(cc2c1)Cc1ccc2ccccc2c1-3. The van der Waals surface area contributed by atoms with Gasteiger partial charge in [0.1, 0.15) is 0 Å². The Bertz CT molecular complexity index is 9100. The molecular weight excluding hydrogens is 1610 g/mol. The summed E-state index contributed by atoms with van der Waals surface area (Å²) in [5.74, 6) is 1.14. The van der Waals surface area contributed by atoms with Gasteiger partial charge in [-0.3, -0.25) is 0 Å². The molecule has 608 valence electrons. The Labute approximate surface area is 760 Å². The fourth-order valence-corrected chi connectivity index (χ4v) is 20.0. The lowest BCUT2D eigenvalue weighted by atomic mass is 9.96. The third-order valence-corrected chi connectivity index (χ3v) is 26.5. The van der Waals surface area contributed by atoms with Crippen molar-refractivity contribution >= 4 is 153 Å². The molecule has 8 heteroatoms. The second-order valence-corrected chi connectivity index (χ2v) is 34.1. The molecule has 7 nitrogen and oxygen atoms in total. The third-order valence-electron chi connectivity index (χ3n) is 26.1. The molecule has 1 aliphatic rings. The van der Waals surface area contributed by atoms with E-state index in [1.165, 1.54) is 98.4 Å². The van der Waals surface area contributed by atoms with Gasteiger partial charge in [0, 0.05) is 43.8 Å². The van der Waals surface area contributed by atoms with Crippen molar-refractivity contribution in [2.75, 3.05) is 0 Å². The van der Waals surface area contributed by atoms with E-state index in [0.29, 0.717) is 28.0 Å². The average molecular weight is 1690 g/mol. The second kappa shape index (κ2) is 32.3. The van der Waals surface area contributed by atoms with E-state index in [0.717, 1.165) is 144 Å². The number of halogens is 1. The highest BCUT2D eigenvalue weighted by molar-refractivity contribution is 6.39. The summed E-state index contributed by atoms with van der Waals surface area (Å²) in [6, 6.07) is 154. The first kappa shape index (κ1) is 77.3. The van der Waals surface area contributed by atoms with Crippen LogP contribution in [0.25, 0.3) is 246 Å². The summed E-state index contributed by atoms with van der Waals surface area (Å²) in [6.45, 7) is 16.6. The van der Waals surface area contributed by atoms with Gasteiger partial charge >= 0.3 is 0 Å². The molecule has 3 aromatic heterocycles. The molecule has 0 unspecified atom stereocenters. The molecule has 0 bridgehead atoms. The van der Waals surface area contributed by atoms with Crippen LogP contribution < -0.4 is 0 Å². The number of hydrogen-bond acceptors (Lipinski definition) is 4. The van der Waals surface area contributed by atoms with E-state index in [4.69, 9.17) is 44.7 Å². The average Bonchev–Trinajstić information content (AvgIpc) is 1.58. The molecule has 0 atom stereocenters. The molecule has 0 amide bonds. The number of fused-ring (bicyclic) bond motifs is 18. The summed E-state index contributed by atoms with van der Waals surface area (Å²) >= 11 is 6.64. The van der Waals surface area contributed by atoms with Crippen LogP contribution in [0.3, 0.4) is 0 Å². The minimum Gasteiger partial charge on any atom is -0.318 e. The van der Waals surface area contributed by atoms with Gasteiger partial charge in [-0.1, -0.05) is 376 Å². The van der Waals surface area contributed by atoms with Crippen molar-refractivity contribution < 1.29 is 0 Å². The number of aromatic nitrogens is 5. The molecule has 0 fully saturated rings. The van der Waals surface area contributed by atoms with Gasteiger partial charge in [0.25, 0.3) is 0 Å². The van der Waals surface area contributed by atoms with Crippen LogP contribution in [0.2, 0.25) is 5.02 Å². The van der Waals surface area contributed by atoms with Crippen molar-refractivity contribution in [3.63, 3.8) is 0 Å². The molecule has 25 aromatic rings. The van der Waals surface area contributed by atoms with Crippen LogP contribution in [0.15, 0.2) is 437 Å². The van der Waals surface area contributed by atoms with Crippen LogP contribution in [0, 0.1) is 13.1 Å². The lowest BCUT2D eigenvalue weighted by Crippen LogP contribution is -2.00. The van der Waals surface area contributed by atoms with Crippen LogP contribution in [-0.2, 0) is 6.42 Å². The zero-order valence-corrected chi connectivity index (χ0v) is 71.5.